The fourth-order valence-electron chi connectivity index (χ4n) is 3.53. The van der Waals surface area contributed by atoms with Gasteiger partial charge < -0.3 is 4.42 Å². The van der Waals surface area contributed by atoms with Crippen LogP contribution in [0.3, 0.4) is 0 Å². The highest BCUT2D eigenvalue weighted by Crippen LogP contribution is 2.40. The van der Waals surface area contributed by atoms with E-state index in [0.717, 1.165) is 38.1 Å². The maximum Gasteiger partial charge on any atom is 0.136 e. The van der Waals surface area contributed by atoms with Gasteiger partial charge in [-0.05, 0) is 52.6 Å². The molecule has 0 unspecified atom stereocenters. The van der Waals surface area contributed by atoms with Gasteiger partial charge in [-0.25, -0.2) is 0 Å². The van der Waals surface area contributed by atoms with Gasteiger partial charge in [0.15, 0.2) is 0 Å². The molecule has 0 N–H and O–H groups in total. The van der Waals surface area contributed by atoms with Gasteiger partial charge in [-0.1, -0.05) is 72.3 Å². The summed E-state index contributed by atoms with van der Waals surface area (Å²) in [6.07, 6.45) is 0. The molecule has 0 fully saturated rings. The van der Waals surface area contributed by atoms with E-state index in [0.29, 0.717) is 0 Å². The van der Waals surface area contributed by atoms with Crippen LogP contribution in [0.15, 0.2) is 95.4 Å². The highest BCUT2D eigenvalue weighted by Gasteiger charge is 2.14. The first-order valence-corrected chi connectivity index (χ1v) is 8.94. The first kappa shape index (κ1) is 15.2. The number of furan rings is 1. The second-order valence-corrected chi connectivity index (χ2v) is 6.81. The van der Waals surface area contributed by atoms with Crippen LogP contribution in [0.2, 0.25) is 5.02 Å². The lowest BCUT2D eigenvalue weighted by Gasteiger charge is -2.09. The lowest BCUT2D eigenvalue weighted by Crippen LogP contribution is -1.84. The molecule has 0 aliphatic heterocycles. The number of hydrogen-bond acceptors (Lipinski definition) is 1. The van der Waals surface area contributed by atoms with Crippen molar-refractivity contribution in [3.8, 4) is 22.3 Å². The summed E-state index contributed by atoms with van der Waals surface area (Å²) in [7, 11) is 0. The number of para-hydroxylation sites is 1. The normalized spacial score (nSPS) is 11.3. The summed E-state index contributed by atoms with van der Waals surface area (Å²) in [5.74, 6) is 0. The lowest BCUT2D eigenvalue weighted by atomic mass is 9.94. The summed E-state index contributed by atoms with van der Waals surface area (Å²) >= 11 is 6.21. The Kier molecular flexibility index (Phi) is 3.55. The minimum atomic E-state index is 0.730. The van der Waals surface area contributed by atoms with Gasteiger partial charge in [0.2, 0.25) is 0 Å². The Labute approximate surface area is 156 Å². The van der Waals surface area contributed by atoms with E-state index in [1.807, 2.05) is 36.4 Å². The number of rotatable bonds is 2. The van der Waals surface area contributed by atoms with Crippen LogP contribution in [0.5, 0.6) is 0 Å². The molecule has 26 heavy (non-hydrogen) atoms. The van der Waals surface area contributed by atoms with E-state index in [2.05, 4.69) is 54.6 Å². The van der Waals surface area contributed by atoms with Crippen molar-refractivity contribution in [2.45, 2.75) is 0 Å². The average Bonchev–Trinajstić information content (AvgIpc) is 3.06. The van der Waals surface area contributed by atoms with Crippen molar-refractivity contribution in [1.82, 2.24) is 0 Å². The van der Waals surface area contributed by atoms with Crippen molar-refractivity contribution >= 4 is 33.5 Å². The summed E-state index contributed by atoms with van der Waals surface area (Å²) in [4.78, 5) is 0. The minimum absolute atomic E-state index is 0.730. The quantitative estimate of drug-likeness (QED) is 0.318. The predicted octanol–water partition coefficient (Wildman–Crippen LogP) is 7.57. The minimum Gasteiger partial charge on any atom is -0.456 e. The van der Waals surface area contributed by atoms with Gasteiger partial charge in [0.05, 0.1) is 0 Å². The largest absolute Gasteiger partial charge is 0.456 e. The van der Waals surface area contributed by atoms with Gasteiger partial charge >= 0.3 is 0 Å². The molecule has 5 rings (SSSR count). The number of benzene rings is 4. The van der Waals surface area contributed by atoms with Gasteiger partial charge in [-0.3, -0.25) is 0 Å². The average molecular weight is 355 g/mol. The molecular formula is C24H15ClO. The fraction of sp³-hybridized carbons (Fsp3) is 0. The zero-order valence-corrected chi connectivity index (χ0v) is 14.7. The van der Waals surface area contributed by atoms with E-state index in [9.17, 15) is 0 Å². The Morgan fingerprint density at radius 2 is 1.35 bits per heavy atom. The van der Waals surface area contributed by atoms with Gasteiger partial charge in [0.1, 0.15) is 11.2 Å². The molecule has 1 nitrogen and oxygen atoms in total. The van der Waals surface area contributed by atoms with Crippen LogP contribution in [0, 0.1) is 0 Å². The van der Waals surface area contributed by atoms with E-state index in [4.69, 9.17) is 16.0 Å². The Morgan fingerprint density at radius 1 is 0.577 bits per heavy atom. The Balaban J connectivity index is 1.89. The number of hydrogen-bond donors (Lipinski definition) is 0. The van der Waals surface area contributed by atoms with Crippen molar-refractivity contribution in [3.63, 3.8) is 0 Å². The Hall–Kier alpha value is -3.03. The van der Waals surface area contributed by atoms with Crippen LogP contribution in [0.1, 0.15) is 0 Å². The van der Waals surface area contributed by atoms with Crippen molar-refractivity contribution in [3.05, 3.63) is 96.0 Å². The van der Waals surface area contributed by atoms with Gasteiger partial charge in [-0.2, -0.15) is 0 Å². The molecule has 0 radical (unpaired) electrons. The molecular weight excluding hydrogens is 340 g/mol. The van der Waals surface area contributed by atoms with Crippen molar-refractivity contribution in [1.29, 1.82) is 0 Å². The smallest absolute Gasteiger partial charge is 0.136 e. The topological polar surface area (TPSA) is 13.1 Å². The Morgan fingerprint density at radius 3 is 2.19 bits per heavy atom. The van der Waals surface area contributed by atoms with E-state index >= 15 is 0 Å². The third kappa shape index (κ3) is 2.49. The third-order valence-corrected chi connectivity index (χ3v) is 4.96. The van der Waals surface area contributed by atoms with Gasteiger partial charge in [-0.15, -0.1) is 0 Å². The predicted molar refractivity (Wildman–Crippen MR) is 110 cm³/mol. The standard InChI is InChI=1S/C24H15ClO/c25-19-10-6-9-17(13-19)18-14-21(16-7-2-1-3-8-16)24-20-11-4-5-12-22(20)26-23(24)15-18/h1-15H. The first-order valence-electron chi connectivity index (χ1n) is 8.56. The second kappa shape index (κ2) is 6.05. The number of halogens is 1. The van der Waals surface area contributed by atoms with Crippen LogP contribution < -0.4 is 0 Å². The van der Waals surface area contributed by atoms with E-state index in [1.165, 1.54) is 11.1 Å². The van der Waals surface area contributed by atoms with Crippen molar-refractivity contribution in [2.75, 3.05) is 0 Å². The van der Waals surface area contributed by atoms with Gasteiger partial charge in [0, 0.05) is 15.8 Å². The second-order valence-electron chi connectivity index (χ2n) is 6.37. The fourth-order valence-corrected chi connectivity index (χ4v) is 3.72. The molecule has 0 bridgehead atoms. The molecule has 2 heteroatoms. The van der Waals surface area contributed by atoms with Crippen LogP contribution >= 0.6 is 11.6 Å². The molecule has 5 aromatic rings. The maximum absolute atomic E-state index is 6.21. The molecule has 4 aromatic carbocycles. The SMILES string of the molecule is Clc1cccc(-c2cc(-c3ccccc3)c3c(c2)oc2ccccc23)c1. The van der Waals surface area contributed by atoms with Crippen LogP contribution in [0.4, 0.5) is 0 Å². The Bertz CT molecular complexity index is 1240. The summed E-state index contributed by atoms with van der Waals surface area (Å²) in [6, 6.07) is 30.9. The van der Waals surface area contributed by atoms with Crippen LogP contribution in [-0.2, 0) is 0 Å². The molecule has 0 saturated carbocycles. The molecule has 0 aliphatic rings. The zero-order valence-electron chi connectivity index (χ0n) is 13.9. The molecule has 0 amide bonds. The number of fused-ring (bicyclic) bond motifs is 3. The molecule has 124 valence electrons. The zero-order chi connectivity index (χ0) is 17.5. The van der Waals surface area contributed by atoms with Crippen molar-refractivity contribution < 1.29 is 4.42 Å². The van der Waals surface area contributed by atoms with Crippen LogP contribution in [0.25, 0.3) is 44.2 Å². The highest BCUT2D eigenvalue weighted by molar-refractivity contribution is 6.30. The summed E-state index contributed by atoms with van der Waals surface area (Å²) in [5, 5.41) is 3.02. The summed E-state index contributed by atoms with van der Waals surface area (Å²) < 4.78 is 6.17. The lowest BCUT2D eigenvalue weighted by molar-refractivity contribution is 0.669. The molecule has 0 aliphatic carbocycles. The molecule has 1 aromatic heterocycles. The van der Waals surface area contributed by atoms with E-state index in [-0.39, 0.29) is 0 Å². The van der Waals surface area contributed by atoms with Crippen molar-refractivity contribution in [2.24, 2.45) is 0 Å². The maximum atomic E-state index is 6.21. The first-order chi connectivity index (χ1) is 12.8. The molecule has 1 heterocycles. The molecule has 0 spiro atoms. The molecule has 0 atom stereocenters. The molecule has 0 saturated heterocycles. The summed E-state index contributed by atoms with van der Waals surface area (Å²) in [6.45, 7) is 0. The summed E-state index contributed by atoms with van der Waals surface area (Å²) in [5.41, 5.74) is 6.32. The van der Waals surface area contributed by atoms with Gasteiger partial charge in [0.25, 0.3) is 0 Å². The highest BCUT2D eigenvalue weighted by atomic mass is 35.5. The monoisotopic (exact) mass is 354 g/mol. The van der Waals surface area contributed by atoms with E-state index < -0.39 is 0 Å². The third-order valence-electron chi connectivity index (χ3n) is 4.72. The van der Waals surface area contributed by atoms with E-state index in [1.54, 1.807) is 0 Å². The van der Waals surface area contributed by atoms with Crippen LogP contribution in [-0.4, -0.2) is 0 Å².